The highest BCUT2D eigenvalue weighted by molar-refractivity contribution is 7.87. The summed E-state index contributed by atoms with van der Waals surface area (Å²) in [5, 5.41) is 10.7. The number of amides is 1. The van der Waals surface area contributed by atoms with E-state index in [1.807, 2.05) is 20.8 Å². The minimum absolute atomic E-state index is 0.265. The molecule has 0 aromatic heterocycles. The van der Waals surface area contributed by atoms with Crippen LogP contribution in [0.5, 0.6) is 0 Å². The van der Waals surface area contributed by atoms with E-state index in [4.69, 9.17) is 5.11 Å². The lowest BCUT2D eigenvalue weighted by Crippen LogP contribution is -2.46. The summed E-state index contributed by atoms with van der Waals surface area (Å²) in [5.41, 5.74) is -0.363. The molecular formula is C12H23NO4S. The zero-order chi connectivity index (χ0) is 14.5. The summed E-state index contributed by atoms with van der Waals surface area (Å²) >= 11 is 0. The third-order valence-corrected chi connectivity index (χ3v) is 4.63. The number of aliphatic carboxylic acids is 1. The minimum Gasteiger partial charge on any atom is -0.480 e. The van der Waals surface area contributed by atoms with Crippen LogP contribution in [0.4, 0.5) is 0 Å². The first-order chi connectivity index (χ1) is 8.10. The summed E-state index contributed by atoms with van der Waals surface area (Å²) in [6.07, 6.45) is 0.748. The van der Waals surface area contributed by atoms with Crippen LogP contribution in [0.3, 0.4) is 0 Å². The molecule has 2 unspecified atom stereocenters. The monoisotopic (exact) mass is 277 g/mol. The first-order valence-corrected chi connectivity index (χ1v) is 7.40. The van der Waals surface area contributed by atoms with Crippen molar-refractivity contribution in [1.29, 1.82) is 0 Å². The predicted molar refractivity (Wildman–Crippen MR) is 71.8 cm³/mol. The maximum absolute atomic E-state index is 11.9. The number of carbonyl (C=O) groups excluding carboxylic acids is 1. The second-order valence-electron chi connectivity index (χ2n) is 5.31. The standard InChI is InChI=1S/C12H23NO4S/c1-6-12(4,5)13-9(14)7-18(17)10(8(2)3)11(15)16/h8,10H,6-7H2,1-5H3,(H,13,14)(H,15,16). The molecule has 0 aliphatic heterocycles. The van der Waals surface area contributed by atoms with E-state index >= 15 is 0 Å². The SMILES string of the molecule is CCC(C)(C)NC(=O)CS(=O)C(C(=O)O)C(C)C. The fourth-order valence-electron chi connectivity index (χ4n) is 1.42. The normalized spacial score (nSPS) is 15.2. The zero-order valence-electron chi connectivity index (χ0n) is 11.6. The van der Waals surface area contributed by atoms with Gasteiger partial charge in [-0.3, -0.25) is 13.8 Å². The van der Waals surface area contributed by atoms with E-state index in [1.165, 1.54) is 0 Å². The van der Waals surface area contributed by atoms with Crippen LogP contribution in [0.15, 0.2) is 0 Å². The third kappa shape index (κ3) is 5.62. The maximum Gasteiger partial charge on any atom is 0.319 e. The lowest BCUT2D eigenvalue weighted by atomic mass is 10.0. The van der Waals surface area contributed by atoms with Gasteiger partial charge < -0.3 is 10.4 Å². The van der Waals surface area contributed by atoms with Crippen LogP contribution in [0, 0.1) is 5.92 Å². The van der Waals surface area contributed by atoms with Crippen molar-refractivity contribution in [3.05, 3.63) is 0 Å². The van der Waals surface area contributed by atoms with Crippen LogP contribution in [-0.2, 0) is 20.4 Å². The average molecular weight is 277 g/mol. The quantitative estimate of drug-likeness (QED) is 0.731. The second kappa shape index (κ2) is 6.87. The molecule has 0 heterocycles. The summed E-state index contributed by atoms with van der Waals surface area (Å²) in [4.78, 5) is 22.7. The Balaban J connectivity index is 4.56. The molecule has 18 heavy (non-hydrogen) atoms. The van der Waals surface area contributed by atoms with Gasteiger partial charge in [-0.2, -0.15) is 0 Å². The van der Waals surface area contributed by atoms with Crippen molar-refractivity contribution in [1.82, 2.24) is 5.32 Å². The fraction of sp³-hybridized carbons (Fsp3) is 0.833. The Hall–Kier alpha value is -0.910. The molecule has 106 valence electrons. The fourth-order valence-corrected chi connectivity index (χ4v) is 2.76. The van der Waals surface area contributed by atoms with E-state index in [1.54, 1.807) is 13.8 Å². The predicted octanol–water partition coefficient (Wildman–Crippen LogP) is 1.15. The summed E-state index contributed by atoms with van der Waals surface area (Å²) in [6, 6.07) is 0. The highest BCUT2D eigenvalue weighted by Crippen LogP contribution is 2.11. The molecule has 6 heteroatoms. The summed E-state index contributed by atoms with van der Waals surface area (Å²) < 4.78 is 11.9. The molecule has 0 rings (SSSR count). The number of carboxylic acid groups (broad SMARTS) is 1. The number of carboxylic acids is 1. The van der Waals surface area contributed by atoms with Gasteiger partial charge in [0.15, 0.2) is 0 Å². The number of nitrogens with one attached hydrogen (secondary N) is 1. The molecule has 0 fully saturated rings. The Kier molecular flexibility index (Phi) is 6.52. The maximum atomic E-state index is 11.9. The lowest BCUT2D eigenvalue weighted by Gasteiger charge is -2.25. The Morgan fingerprint density at radius 3 is 2.17 bits per heavy atom. The van der Waals surface area contributed by atoms with E-state index < -0.39 is 22.0 Å². The second-order valence-corrected chi connectivity index (χ2v) is 6.87. The largest absolute Gasteiger partial charge is 0.480 e. The van der Waals surface area contributed by atoms with Gasteiger partial charge in [0, 0.05) is 16.3 Å². The van der Waals surface area contributed by atoms with Crippen molar-refractivity contribution in [2.24, 2.45) is 5.92 Å². The molecule has 2 atom stereocenters. The number of rotatable bonds is 7. The Labute approximate surface area is 111 Å². The van der Waals surface area contributed by atoms with E-state index in [9.17, 15) is 13.8 Å². The van der Waals surface area contributed by atoms with E-state index in [0.29, 0.717) is 0 Å². The minimum atomic E-state index is -1.70. The Morgan fingerprint density at radius 2 is 1.83 bits per heavy atom. The van der Waals surface area contributed by atoms with Gasteiger partial charge in [-0.15, -0.1) is 0 Å². The van der Waals surface area contributed by atoms with Crippen molar-refractivity contribution in [2.45, 2.75) is 51.8 Å². The van der Waals surface area contributed by atoms with Crippen molar-refractivity contribution < 1.29 is 18.9 Å². The molecule has 0 bridgehead atoms. The highest BCUT2D eigenvalue weighted by atomic mass is 32.2. The molecule has 0 saturated heterocycles. The number of carbonyl (C=O) groups is 2. The molecular weight excluding hydrogens is 254 g/mol. The average Bonchev–Trinajstić information content (AvgIpc) is 2.14. The summed E-state index contributed by atoms with van der Waals surface area (Å²) in [7, 11) is -1.70. The van der Waals surface area contributed by atoms with Crippen LogP contribution in [0.2, 0.25) is 0 Å². The molecule has 5 nitrogen and oxygen atoms in total. The smallest absolute Gasteiger partial charge is 0.319 e. The zero-order valence-corrected chi connectivity index (χ0v) is 12.5. The Morgan fingerprint density at radius 1 is 1.33 bits per heavy atom. The molecule has 0 saturated carbocycles. The van der Waals surface area contributed by atoms with Gasteiger partial charge in [-0.05, 0) is 26.2 Å². The van der Waals surface area contributed by atoms with Gasteiger partial charge in [0.1, 0.15) is 11.0 Å². The third-order valence-electron chi connectivity index (χ3n) is 2.77. The van der Waals surface area contributed by atoms with E-state index in [2.05, 4.69) is 5.32 Å². The van der Waals surface area contributed by atoms with Gasteiger partial charge >= 0.3 is 5.97 Å². The molecule has 0 radical (unpaired) electrons. The van der Waals surface area contributed by atoms with Crippen LogP contribution >= 0.6 is 0 Å². The van der Waals surface area contributed by atoms with Gasteiger partial charge in [0.2, 0.25) is 5.91 Å². The molecule has 0 aromatic rings. The van der Waals surface area contributed by atoms with Gasteiger partial charge in [-0.25, -0.2) is 0 Å². The van der Waals surface area contributed by atoms with Gasteiger partial charge in [0.05, 0.1) is 0 Å². The van der Waals surface area contributed by atoms with Gasteiger partial charge in [-0.1, -0.05) is 20.8 Å². The van der Waals surface area contributed by atoms with E-state index in [0.717, 1.165) is 6.42 Å². The first kappa shape index (κ1) is 17.1. The van der Waals surface area contributed by atoms with Crippen molar-refractivity contribution in [3.8, 4) is 0 Å². The number of hydrogen-bond acceptors (Lipinski definition) is 3. The van der Waals surface area contributed by atoms with Gasteiger partial charge in [0.25, 0.3) is 0 Å². The summed E-state index contributed by atoms with van der Waals surface area (Å²) in [6.45, 7) is 9.04. The molecule has 2 N–H and O–H groups in total. The topological polar surface area (TPSA) is 83.5 Å². The molecule has 0 aromatic carbocycles. The lowest BCUT2D eigenvalue weighted by molar-refractivity contribution is -0.137. The van der Waals surface area contributed by atoms with E-state index in [-0.39, 0.29) is 23.1 Å². The number of hydrogen-bond donors (Lipinski definition) is 2. The Bertz CT molecular complexity index is 339. The molecule has 0 spiro atoms. The van der Waals surface area contributed by atoms with Crippen LogP contribution in [0.25, 0.3) is 0 Å². The summed E-state index contributed by atoms with van der Waals surface area (Å²) in [5.74, 6) is -2.02. The van der Waals surface area contributed by atoms with Crippen LogP contribution < -0.4 is 5.32 Å². The van der Waals surface area contributed by atoms with Crippen molar-refractivity contribution >= 4 is 22.7 Å². The molecule has 1 amide bonds. The molecule has 0 aliphatic rings. The highest BCUT2D eigenvalue weighted by Gasteiger charge is 2.30. The van der Waals surface area contributed by atoms with Crippen LogP contribution in [-0.4, -0.2) is 37.7 Å². The first-order valence-electron chi connectivity index (χ1n) is 6.01. The molecule has 0 aliphatic carbocycles. The van der Waals surface area contributed by atoms with Crippen molar-refractivity contribution in [2.75, 3.05) is 5.75 Å². The van der Waals surface area contributed by atoms with Crippen LogP contribution in [0.1, 0.15) is 41.0 Å². The van der Waals surface area contributed by atoms with Crippen molar-refractivity contribution in [3.63, 3.8) is 0 Å².